The first-order chi connectivity index (χ1) is 7.32. The predicted octanol–water partition coefficient (Wildman–Crippen LogP) is 0.186. The Morgan fingerprint density at radius 1 is 1.19 bits per heavy atom. The van der Waals surface area contributed by atoms with Crippen LogP contribution in [0.3, 0.4) is 0 Å². The van der Waals surface area contributed by atoms with Gasteiger partial charge >= 0.3 is 11.9 Å². The normalized spacial score (nSPS) is 11.3. The van der Waals surface area contributed by atoms with Gasteiger partial charge in [-0.15, -0.1) is 0 Å². The first-order valence-electron chi connectivity index (χ1n) is 4.16. The van der Waals surface area contributed by atoms with E-state index in [9.17, 15) is 19.2 Å². The molecule has 0 radical (unpaired) electrons. The van der Waals surface area contributed by atoms with Gasteiger partial charge in [0.1, 0.15) is 11.9 Å². The second-order valence-corrected chi connectivity index (χ2v) is 2.94. The third-order valence-electron chi connectivity index (χ3n) is 1.68. The van der Waals surface area contributed by atoms with E-state index >= 15 is 0 Å². The van der Waals surface area contributed by atoms with Crippen molar-refractivity contribution in [1.82, 2.24) is 0 Å². The maximum Gasteiger partial charge on any atom is 0.340 e. The van der Waals surface area contributed by atoms with Crippen LogP contribution in [0.25, 0.3) is 0 Å². The van der Waals surface area contributed by atoms with Gasteiger partial charge < -0.3 is 15.0 Å². The molecule has 6 heteroatoms. The lowest BCUT2D eigenvalue weighted by Crippen LogP contribution is -2.19. The molecule has 0 aliphatic carbocycles. The van der Waals surface area contributed by atoms with Crippen LogP contribution in [-0.2, 0) is 19.2 Å². The van der Waals surface area contributed by atoms with Gasteiger partial charge in [-0.3, -0.25) is 4.79 Å². The maximum atomic E-state index is 11.4. The Morgan fingerprint density at radius 3 is 1.94 bits per heavy atom. The maximum absolute atomic E-state index is 11.4. The van der Waals surface area contributed by atoms with Crippen molar-refractivity contribution in [3.05, 3.63) is 23.3 Å². The van der Waals surface area contributed by atoms with Gasteiger partial charge in [0.25, 0.3) is 0 Å². The number of Topliss-reactive ketones (excluding diaryl/α,β-unsaturated/α-hetero) is 1. The summed E-state index contributed by atoms with van der Waals surface area (Å²) in [6.45, 7) is 4.49. The molecule has 0 atom stereocenters. The van der Waals surface area contributed by atoms with E-state index in [1.807, 2.05) is 0 Å². The smallest absolute Gasteiger partial charge is 0.340 e. The monoisotopic (exact) mass is 226 g/mol. The summed E-state index contributed by atoms with van der Waals surface area (Å²) >= 11 is 0. The Morgan fingerprint density at radius 2 is 1.69 bits per heavy atom. The second-order valence-electron chi connectivity index (χ2n) is 2.94. The Hall–Kier alpha value is -2.24. The zero-order valence-electron chi connectivity index (χ0n) is 8.52. The van der Waals surface area contributed by atoms with Crippen LogP contribution in [0.2, 0.25) is 0 Å². The molecule has 0 rings (SSSR count). The summed E-state index contributed by atoms with van der Waals surface area (Å²) in [6.07, 6.45) is -0.423. The molecule has 0 aromatic carbocycles. The van der Waals surface area contributed by atoms with Gasteiger partial charge in [-0.1, -0.05) is 6.58 Å². The predicted molar refractivity (Wildman–Crippen MR) is 52.8 cm³/mol. The Kier molecular flexibility index (Phi) is 4.81. The number of allylic oxidation sites excluding steroid dienone is 1. The molecule has 0 aliphatic rings. The van der Waals surface area contributed by atoms with E-state index < -0.39 is 35.3 Å². The van der Waals surface area contributed by atoms with Crippen molar-refractivity contribution in [2.24, 2.45) is 0 Å². The number of ketones is 1. The van der Waals surface area contributed by atoms with Gasteiger partial charge in [0.15, 0.2) is 5.78 Å². The number of aldehydes is 1. The van der Waals surface area contributed by atoms with Gasteiger partial charge in [-0.2, -0.15) is 0 Å². The molecule has 0 spiro atoms. The lowest BCUT2D eigenvalue weighted by molar-refractivity contribution is -0.137. The third kappa shape index (κ3) is 3.16. The van der Waals surface area contributed by atoms with Crippen molar-refractivity contribution in [2.45, 2.75) is 13.3 Å². The number of carbonyl (C=O) groups excluding carboxylic acids is 2. The summed E-state index contributed by atoms with van der Waals surface area (Å²) in [5.41, 5.74) is -1.77. The highest BCUT2D eigenvalue weighted by Gasteiger charge is 2.26. The molecule has 0 heterocycles. The number of carboxylic acids is 2. The van der Waals surface area contributed by atoms with Crippen molar-refractivity contribution in [1.29, 1.82) is 0 Å². The molecule has 6 nitrogen and oxygen atoms in total. The van der Waals surface area contributed by atoms with E-state index in [-0.39, 0.29) is 11.9 Å². The van der Waals surface area contributed by atoms with Crippen LogP contribution in [0.4, 0.5) is 0 Å². The van der Waals surface area contributed by atoms with E-state index in [0.29, 0.717) is 0 Å². The zero-order valence-corrected chi connectivity index (χ0v) is 8.52. The van der Waals surface area contributed by atoms with E-state index in [4.69, 9.17) is 10.2 Å². The van der Waals surface area contributed by atoms with Gasteiger partial charge in [-0.05, 0) is 12.5 Å². The van der Waals surface area contributed by atoms with Crippen LogP contribution in [0, 0.1) is 0 Å². The van der Waals surface area contributed by atoms with E-state index in [1.54, 1.807) is 0 Å². The number of rotatable bonds is 6. The van der Waals surface area contributed by atoms with Gasteiger partial charge in [0, 0.05) is 6.42 Å². The van der Waals surface area contributed by atoms with E-state index in [1.165, 1.54) is 6.92 Å². The summed E-state index contributed by atoms with van der Waals surface area (Å²) in [7, 11) is 0. The molecule has 0 amide bonds. The summed E-state index contributed by atoms with van der Waals surface area (Å²) in [5, 5.41) is 17.4. The van der Waals surface area contributed by atoms with Crippen molar-refractivity contribution >= 4 is 24.0 Å². The highest BCUT2D eigenvalue weighted by atomic mass is 16.4. The Bertz CT molecular complexity index is 402. The molecule has 16 heavy (non-hydrogen) atoms. The fourth-order valence-electron chi connectivity index (χ4n) is 0.956. The summed E-state index contributed by atoms with van der Waals surface area (Å²) in [4.78, 5) is 43.1. The van der Waals surface area contributed by atoms with Gasteiger partial charge in [0.2, 0.25) is 0 Å². The van der Waals surface area contributed by atoms with Gasteiger partial charge in [-0.25, -0.2) is 9.59 Å². The highest BCUT2D eigenvalue weighted by molar-refractivity contribution is 6.26. The van der Waals surface area contributed by atoms with Crippen LogP contribution in [0.1, 0.15) is 13.3 Å². The first kappa shape index (κ1) is 13.8. The molecule has 0 aromatic rings. The number of hydrogen-bond donors (Lipinski definition) is 2. The molecule has 0 unspecified atom stereocenters. The minimum Gasteiger partial charge on any atom is -0.478 e. The standard InChI is InChI=1S/C10H10O6/c1-5(2)8(12)7(10(15)16)6(3-4-11)9(13)14/h4H,1,3H2,2H3,(H,13,14)(H,15,16)/b7-6-. The average molecular weight is 226 g/mol. The largest absolute Gasteiger partial charge is 0.478 e. The number of hydrogen-bond acceptors (Lipinski definition) is 4. The molecule has 0 saturated carbocycles. The zero-order chi connectivity index (χ0) is 12.9. The fourth-order valence-corrected chi connectivity index (χ4v) is 0.956. The molecule has 0 saturated heterocycles. The topological polar surface area (TPSA) is 109 Å². The van der Waals surface area contributed by atoms with Crippen molar-refractivity contribution < 1.29 is 29.4 Å². The first-order valence-corrected chi connectivity index (χ1v) is 4.16. The van der Waals surface area contributed by atoms with E-state index in [2.05, 4.69) is 6.58 Å². The van der Waals surface area contributed by atoms with Crippen LogP contribution >= 0.6 is 0 Å². The lowest BCUT2D eigenvalue weighted by Gasteiger charge is -2.05. The molecule has 0 fully saturated rings. The third-order valence-corrected chi connectivity index (χ3v) is 1.68. The molecule has 0 aliphatic heterocycles. The number of carboxylic acid groups (broad SMARTS) is 2. The molecular weight excluding hydrogens is 216 g/mol. The number of aliphatic carboxylic acids is 2. The lowest BCUT2D eigenvalue weighted by atomic mass is 9.98. The average Bonchev–Trinajstić information content (AvgIpc) is 2.15. The Balaban J connectivity index is 5.76. The van der Waals surface area contributed by atoms with Gasteiger partial charge in [0.05, 0.1) is 5.57 Å². The minimum atomic E-state index is -1.69. The van der Waals surface area contributed by atoms with Crippen LogP contribution in [0.15, 0.2) is 23.3 Å². The van der Waals surface area contributed by atoms with Crippen molar-refractivity contribution in [3.63, 3.8) is 0 Å². The molecule has 86 valence electrons. The molecular formula is C10H10O6. The quantitative estimate of drug-likeness (QED) is 0.289. The van der Waals surface area contributed by atoms with Crippen LogP contribution < -0.4 is 0 Å². The molecule has 0 bridgehead atoms. The minimum absolute atomic E-state index is 0.109. The summed E-state index contributed by atoms with van der Waals surface area (Å²) in [6, 6.07) is 0. The fraction of sp³-hybridized carbons (Fsp3) is 0.200. The van der Waals surface area contributed by atoms with Crippen LogP contribution in [0.5, 0.6) is 0 Å². The van der Waals surface area contributed by atoms with Crippen molar-refractivity contribution in [2.75, 3.05) is 0 Å². The highest BCUT2D eigenvalue weighted by Crippen LogP contribution is 2.13. The Labute approximate surface area is 90.9 Å². The SMILES string of the molecule is C=C(C)C(=O)/C(C(=O)O)=C(\CC=O)C(=O)O. The molecule has 2 N–H and O–H groups in total. The summed E-state index contributed by atoms with van der Waals surface area (Å²) in [5.74, 6) is -4.29. The number of carbonyl (C=O) groups is 4. The van der Waals surface area contributed by atoms with E-state index in [0.717, 1.165) is 0 Å². The second kappa shape index (κ2) is 5.59. The molecule has 0 aromatic heterocycles. The van der Waals surface area contributed by atoms with Crippen LogP contribution in [-0.4, -0.2) is 34.2 Å². The summed E-state index contributed by atoms with van der Waals surface area (Å²) < 4.78 is 0. The van der Waals surface area contributed by atoms with Crippen molar-refractivity contribution in [3.8, 4) is 0 Å².